The van der Waals surface area contributed by atoms with E-state index in [1.807, 2.05) is 176 Å². The minimum Gasteiger partial charge on any atom is -0.311 e. The van der Waals surface area contributed by atoms with Gasteiger partial charge in [-0.1, -0.05) is 190 Å². The predicted octanol–water partition coefficient (Wildman–Crippen LogP) is 16.9. The summed E-state index contributed by atoms with van der Waals surface area (Å²) in [6.45, 7) is 4.74. The summed E-state index contributed by atoms with van der Waals surface area (Å²) in [4.78, 5) is 4.08. The molecule has 11 aromatic carbocycles. The normalized spacial score (nSPS) is 16.4. The lowest BCUT2D eigenvalue weighted by Gasteiger charge is -2.45. The zero-order chi connectivity index (χ0) is 66.4. The van der Waals surface area contributed by atoms with Crippen LogP contribution in [0.5, 0.6) is 0 Å². The summed E-state index contributed by atoms with van der Waals surface area (Å²) in [5.74, 6) is 0. The van der Waals surface area contributed by atoms with Gasteiger partial charge in [-0.2, -0.15) is 0 Å². The molecule has 0 bridgehead atoms. The molecule has 76 heavy (non-hydrogen) atoms. The molecule has 0 amide bonds. The SMILES string of the molecule is [2H]c1c([2H])c([2H])c2c(c1[2H])c1c([2H])c([2H])c([2H])c([2H])c1n2-c1ccc2c(c1)N(c1ccc(-c3ccccc3)cc1)c1cc(C([2H])([2H])C(C)(C)C)cc3c1B2c1ccc(-n2c4c([2H])c([2H])c([2H])c([2H])c4c4c([2H])c([2H])c([2H])c([2H])c42)cc1N3c1ccc(-c2ccccc2)cc1. The van der Waals surface area contributed by atoms with Crippen molar-refractivity contribution < 1.29 is 24.7 Å². The Kier molecular flexibility index (Phi) is 6.66. The van der Waals surface area contributed by atoms with Gasteiger partial charge in [0.15, 0.2) is 0 Å². The fourth-order valence-corrected chi connectivity index (χ4v) is 11.5. The van der Waals surface area contributed by atoms with Crippen molar-refractivity contribution in [1.82, 2.24) is 9.13 Å². The Bertz CT molecular complexity index is 5000. The Morgan fingerprint density at radius 3 is 1.09 bits per heavy atom. The van der Waals surface area contributed by atoms with Crippen LogP contribution in [-0.4, -0.2) is 15.8 Å². The first-order valence-electron chi connectivity index (χ1n) is 34.1. The molecular weight excluding hydrogens is 920 g/mol. The maximum atomic E-state index is 10.2. The minimum atomic E-state index is -2.06. The minimum absolute atomic E-state index is 0.0740. The second kappa shape index (κ2) is 17.1. The van der Waals surface area contributed by atoms with Gasteiger partial charge >= 0.3 is 0 Å². The Morgan fingerprint density at radius 1 is 0.382 bits per heavy atom. The van der Waals surface area contributed by atoms with Gasteiger partial charge in [0.25, 0.3) is 6.71 Å². The molecule has 4 nitrogen and oxygen atoms in total. The van der Waals surface area contributed by atoms with E-state index in [2.05, 4.69) is 0 Å². The maximum Gasteiger partial charge on any atom is 0.252 e. The number of hydrogen-bond acceptors (Lipinski definition) is 2. The molecule has 13 aromatic rings. The first-order valence-corrected chi connectivity index (χ1v) is 25.1. The average molecular weight is 991 g/mol. The molecule has 0 fully saturated rings. The lowest BCUT2D eigenvalue weighted by molar-refractivity contribution is 0.411. The highest BCUT2D eigenvalue weighted by Gasteiger charge is 2.44. The fraction of sp³-hybridized carbons (Fsp3) is 0.0704. The Balaban J connectivity index is 1.09. The number of para-hydroxylation sites is 4. The van der Waals surface area contributed by atoms with Gasteiger partial charge < -0.3 is 18.9 Å². The van der Waals surface area contributed by atoms with E-state index in [1.54, 1.807) is 12.1 Å². The van der Waals surface area contributed by atoms with E-state index >= 15 is 0 Å². The van der Waals surface area contributed by atoms with Gasteiger partial charge in [0.05, 0.1) is 44.0 Å². The number of anilines is 6. The molecule has 2 aliphatic heterocycles. The van der Waals surface area contributed by atoms with Gasteiger partial charge in [-0.25, -0.2) is 0 Å². The van der Waals surface area contributed by atoms with Gasteiger partial charge in [-0.15, -0.1) is 0 Å². The standard InChI is InChI=1S/C71H53BN4/c1-71(2,3)46-47-42-68-70-69(43-47)74(53-36-32-51(33-37-53)49-20-8-5-9-21-49)67-45-55(76-64-28-16-12-24-58(64)59-25-13-17-29-65(59)76)39-41-61(67)72(70)60-40-38-54(75-62-26-14-10-22-56(62)57-23-11-15-27-63(57)75)44-66(60)73(68)52-34-30-50(31-35-52)48-18-6-4-7-19-48/h4-45H,46H2,1-3H3/i10D,11D,12D,13D,14D,15D,16D,17D,22D,23D,24D,25D,26D,27D,28D,29D,46D2. The zero-order valence-electron chi connectivity index (χ0n) is 59.4. The predicted molar refractivity (Wildman–Crippen MR) is 323 cm³/mol. The quantitative estimate of drug-likeness (QED) is 0.148. The lowest BCUT2D eigenvalue weighted by atomic mass is 9.33. The molecule has 5 heteroatoms. The number of nitrogens with zero attached hydrogens (tertiary/aromatic N) is 4. The summed E-state index contributed by atoms with van der Waals surface area (Å²) in [6, 6.07) is 41.9. The average Bonchev–Trinajstić information content (AvgIpc) is 1.08. The van der Waals surface area contributed by atoms with Gasteiger partial charge in [0.1, 0.15) is 0 Å². The highest BCUT2D eigenvalue weighted by molar-refractivity contribution is 7.00. The van der Waals surface area contributed by atoms with Crippen LogP contribution in [0.3, 0.4) is 0 Å². The van der Waals surface area contributed by atoms with Crippen molar-refractivity contribution in [3.8, 4) is 33.6 Å². The molecule has 360 valence electrons. The van der Waals surface area contributed by atoms with E-state index in [9.17, 15) is 13.7 Å². The molecule has 2 aromatic heterocycles. The van der Waals surface area contributed by atoms with Crippen LogP contribution in [0, 0.1) is 5.41 Å². The van der Waals surface area contributed by atoms with Crippen LogP contribution in [0.2, 0.25) is 0 Å². The summed E-state index contributed by atoms with van der Waals surface area (Å²) >= 11 is 0. The third-order valence-corrected chi connectivity index (χ3v) is 14.6. The second-order valence-electron chi connectivity index (χ2n) is 20.3. The second-order valence-corrected chi connectivity index (χ2v) is 20.3. The van der Waals surface area contributed by atoms with Crippen LogP contribution in [-0.2, 0) is 6.37 Å². The molecule has 0 spiro atoms. The topological polar surface area (TPSA) is 16.3 Å². The number of fused-ring (bicyclic) bond motifs is 10. The lowest BCUT2D eigenvalue weighted by Crippen LogP contribution is -2.61. The van der Waals surface area contributed by atoms with Crippen molar-refractivity contribution in [3.63, 3.8) is 0 Å². The summed E-state index contributed by atoms with van der Waals surface area (Å²) in [5, 5.41) is -0.365. The molecule has 15 rings (SSSR count). The van der Waals surface area contributed by atoms with Crippen molar-refractivity contribution >= 4 is 101 Å². The van der Waals surface area contributed by atoms with Crippen molar-refractivity contribution in [2.75, 3.05) is 9.80 Å². The van der Waals surface area contributed by atoms with Crippen molar-refractivity contribution in [2.24, 2.45) is 5.41 Å². The van der Waals surface area contributed by atoms with E-state index in [4.69, 9.17) is 11.0 Å². The van der Waals surface area contributed by atoms with Crippen LogP contribution < -0.4 is 26.2 Å². The summed E-state index contributed by atoms with van der Waals surface area (Å²) < 4.78 is 169. The molecule has 0 radical (unpaired) electrons. The fourth-order valence-electron chi connectivity index (χ4n) is 11.5. The molecule has 0 aliphatic carbocycles. The molecule has 0 saturated carbocycles. The van der Waals surface area contributed by atoms with Gasteiger partial charge in [-0.05, 0) is 141 Å². The highest BCUT2D eigenvalue weighted by atomic mass is 15.2. The zero-order valence-corrected chi connectivity index (χ0v) is 41.4. The molecular formula is C71H53BN4. The van der Waals surface area contributed by atoms with Crippen molar-refractivity contribution in [2.45, 2.75) is 27.1 Å². The van der Waals surface area contributed by atoms with Crippen LogP contribution in [0.4, 0.5) is 34.1 Å². The van der Waals surface area contributed by atoms with Crippen LogP contribution in [0.25, 0.3) is 77.2 Å². The van der Waals surface area contributed by atoms with Crippen LogP contribution >= 0.6 is 0 Å². The molecule has 0 unspecified atom stereocenters. The summed E-state index contributed by atoms with van der Waals surface area (Å²) in [6.07, 6.45) is -2.06. The number of hydrogen-bond donors (Lipinski definition) is 0. The highest BCUT2D eigenvalue weighted by Crippen LogP contribution is 2.47. The molecule has 4 heterocycles. The third kappa shape index (κ3) is 6.99. The first kappa shape index (κ1) is 29.5. The van der Waals surface area contributed by atoms with E-state index in [-0.39, 0.29) is 55.0 Å². The van der Waals surface area contributed by atoms with Gasteiger partial charge in [0.2, 0.25) is 0 Å². The van der Waals surface area contributed by atoms with Gasteiger partial charge in [0, 0.05) is 69.8 Å². The van der Waals surface area contributed by atoms with Crippen molar-refractivity contribution in [1.29, 1.82) is 0 Å². The molecule has 0 atom stereocenters. The Morgan fingerprint density at radius 2 is 0.724 bits per heavy atom. The maximum absolute atomic E-state index is 10.2. The smallest absolute Gasteiger partial charge is 0.252 e. The monoisotopic (exact) mass is 991 g/mol. The summed E-state index contributed by atoms with van der Waals surface area (Å²) in [7, 11) is 0. The van der Waals surface area contributed by atoms with E-state index in [0.717, 1.165) is 27.7 Å². The Hall–Kier alpha value is -9.32. The van der Waals surface area contributed by atoms with Crippen LogP contribution in [0.15, 0.2) is 254 Å². The van der Waals surface area contributed by atoms with Crippen LogP contribution in [0.1, 0.15) is 51.0 Å². The Labute approximate surface area is 469 Å². The largest absolute Gasteiger partial charge is 0.311 e. The number of rotatable bonds is 7. The van der Waals surface area contributed by atoms with Crippen molar-refractivity contribution in [3.05, 3.63) is 260 Å². The molecule has 0 saturated heterocycles. The number of benzene rings is 11. The van der Waals surface area contributed by atoms with E-state index in [0.29, 0.717) is 50.6 Å². The van der Waals surface area contributed by atoms with E-state index in [1.165, 1.54) is 9.13 Å². The third-order valence-electron chi connectivity index (χ3n) is 14.6. The number of aromatic nitrogens is 2. The molecule has 2 aliphatic rings. The first-order chi connectivity index (χ1) is 44.7. The van der Waals surface area contributed by atoms with Gasteiger partial charge in [-0.3, -0.25) is 0 Å². The molecule has 0 N–H and O–H groups in total. The summed E-state index contributed by atoms with van der Waals surface area (Å²) in [5.41, 5.74) is 8.81. The van der Waals surface area contributed by atoms with E-state index < -0.39 is 115 Å².